The maximum absolute atomic E-state index is 10.9. The van der Waals surface area contributed by atoms with Gasteiger partial charge in [-0.1, -0.05) is 28.1 Å². The Labute approximate surface area is 95.0 Å². The van der Waals surface area contributed by atoms with Crippen molar-refractivity contribution in [3.63, 3.8) is 0 Å². The van der Waals surface area contributed by atoms with Crippen molar-refractivity contribution in [3.05, 3.63) is 50.5 Å². The van der Waals surface area contributed by atoms with Gasteiger partial charge in [-0.15, -0.1) is 0 Å². The Bertz CT molecular complexity index is 552. The normalized spacial score (nSPS) is 10.5. The summed E-state index contributed by atoms with van der Waals surface area (Å²) in [6, 6.07) is 9.12. The molecule has 2 aromatic rings. The number of hydrogen-bond acceptors (Lipinski definition) is 2. The molecule has 2 aromatic carbocycles. The van der Waals surface area contributed by atoms with E-state index in [0.717, 1.165) is 9.86 Å². The fraction of sp³-hybridized carbons (Fsp3) is 0.0909. The van der Waals surface area contributed by atoms with Crippen molar-refractivity contribution in [1.82, 2.24) is 0 Å². The Morgan fingerprint density at radius 2 is 2.00 bits per heavy atom. The number of nitro groups is 1. The first-order valence-corrected chi connectivity index (χ1v) is 5.22. The Kier molecular flexibility index (Phi) is 2.44. The molecular weight excluding hydrogens is 258 g/mol. The Hall–Kier alpha value is -1.42. The fourth-order valence-electron chi connectivity index (χ4n) is 1.64. The molecule has 0 N–H and O–H groups in total. The lowest BCUT2D eigenvalue weighted by atomic mass is 10.1. The molecule has 15 heavy (non-hydrogen) atoms. The van der Waals surface area contributed by atoms with Crippen LogP contribution in [0.2, 0.25) is 0 Å². The lowest BCUT2D eigenvalue weighted by Gasteiger charge is -2.02. The van der Waals surface area contributed by atoms with Crippen LogP contribution >= 0.6 is 15.9 Å². The third-order valence-electron chi connectivity index (χ3n) is 2.34. The summed E-state index contributed by atoms with van der Waals surface area (Å²) < 4.78 is 0.924. The van der Waals surface area contributed by atoms with Crippen molar-refractivity contribution in [2.45, 2.75) is 6.92 Å². The summed E-state index contributed by atoms with van der Waals surface area (Å²) in [6.45, 7) is 1.75. The maximum Gasteiger partial charge on any atom is 0.280 e. The van der Waals surface area contributed by atoms with Gasteiger partial charge in [0.1, 0.15) is 0 Å². The Morgan fingerprint density at radius 1 is 1.27 bits per heavy atom. The van der Waals surface area contributed by atoms with Gasteiger partial charge >= 0.3 is 0 Å². The first-order chi connectivity index (χ1) is 7.09. The van der Waals surface area contributed by atoms with E-state index in [4.69, 9.17) is 0 Å². The minimum absolute atomic E-state index is 0.194. The SMILES string of the molecule is Cc1ccc2cc(Br)ccc2c1[N+](=O)[O-]. The van der Waals surface area contributed by atoms with Crippen molar-refractivity contribution < 1.29 is 4.92 Å². The van der Waals surface area contributed by atoms with E-state index in [1.165, 1.54) is 0 Å². The molecule has 0 aliphatic rings. The van der Waals surface area contributed by atoms with Crippen molar-refractivity contribution in [2.24, 2.45) is 0 Å². The largest absolute Gasteiger partial charge is 0.280 e. The fourth-order valence-corrected chi connectivity index (χ4v) is 2.01. The van der Waals surface area contributed by atoms with Gasteiger partial charge in [-0.05, 0) is 30.5 Å². The number of benzene rings is 2. The van der Waals surface area contributed by atoms with Crippen LogP contribution in [0.1, 0.15) is 5.56 Å². The number of fused-ring (bicyclic) bond motifs is 1. The molecular formula is C11H8BrNO2. The topological polar surface area (TPSA) is 43.1 Å². The van der Waals surface area contributed by atoms with Gasteiger partial charge in [0.25, 0.3) is 5.69 Å². The van der Waals surface area contributed by atoms with Crippen LogP contribution in [0.15, 0.2) is 34.8 Å². The molecule has 0 heterocycles. The van der Waals surface area contributed by atoms with Gasteiger partial charge < -0.3 is 0 Å². The predicted octanol–water partition coefficient (Wildman–Crippen LogP) is 3.82. The highest BCUT2D eigenvalue weighted by Crippen LogP contribution is 2.30. The minimum atomic E-state index is -0.328. The quantitative estimate of drug-likeness (QED) is 0.581. The Morgan fingerprint density at radius 3 is 2.67 bits per heavy atom. The van der Waals surface area contributed by atoms with Gasteiger partial charge in [-0.25, -0.2) is 0 Å². The summed E-state index contributed by atoms with van der Waals surface area (Å²) in [5.74, 6) is 0. The molecule has 0 saturated carbocycles. The molecule has 0 amide bonds. The number of hydrogen-bond donors (Lipinski definition) is 0. The van der Waals surface area contributed by atoms with E-state index < -0.39 is 0 Å². The number of nitro benzene ring substituents is 1. The van der Waals surface area contributed by atoms with Crippen molar-refractivity contribution in [1.29, 1.82) is 0 Å². The van der Waals surface area contributed by atoms with E-state index in [9.17, 15) is 10.1 Å². The molecule has 3 nitrogen and oxygen atoms in total. The summed E-state index contributed by atoms with van der Waals surface area (Å²) in [6.07, 6.45) is 0. The summed E-state index contributed by atoms with van der Waals surface area (Å²) in [5, 5.41) is 12.5. The van der Waals surface area contributed by atoms with Crippen LogP contribution < -0.4 is 0 Å². The van der Waals surface area contributed by atoms with E-state index in [-0.39, 0.29) is 10.6 Å². The summed E-state index contributed by atoms with van der Waals surface area (Å²) in [7, 11) is 0. The molecule has 0 bridgehead atoms. The van der Waals surface area contributed by atoms with Crippen molar-refractivity contribution >= 4 is 32.4 Å². The van der Waals surface area contributed by atoms with Gasteiger partial charge in [0.15, 0.2) is 0 Å². The van der Waals surface area contributed by atoms with E-state index >= 15 is 0 Å². The number of aryl methyl sites for hydroxylation is 1. The van der Waals surface area contributed by atoms with Crippen molar-refractivity contribution in [3.8, 4) is 0 Å². The molecule has 2 rings (SSSR count). The summed E-state index contributed by atoms with van der Waals surface area (Å²) in [4.78, 5) is 10.6. The molecule has 0 atom stereocenters. The van der Waals surface area contributed by atoms with Crippen LogP contribution in [0.25, 0.3) is 10.8 Å². The minimum Gasteiger partial charge on any atom is -0.258 e. The average Bonchev–Trinajstić information content (AvgIpc) is 2.17. The lowest BCUT2D eigenvalue weighted by Crippen LogP contribution is -1.92. The molecule has 0 aliphatic heterocycles. The second kappa shape index (κ2) is 3.62. The van der Waals surface area contributed by atoms with Crippen LogP contribution in [0, 0.1) is 17.0 Å². The van der Waals surface area contributed by atoms with Crippen molar-refractivity contribution in [2.75, 3.05) is 0 Å². The first kappa shape index (κ1) is 10.1. The second-order valence-electron chi connectivity index (χ2n) is 3.35. The second-order valence-corrected chi connectivity index (χ2v) is 4.27. The molecule has 76 valence electrons. The molecule has 0 unspecified atom stereocenters. The van der Waals surface area contributed by atoms with Gasteiger partial charge in [-0.2, -0.15) is 0 Å². The van der Waals surface area contributed by atoms with Gasteiger partial charge in [0.05, 0.1) is 10.3 Å². The van der Waals surface area contributed by atoms with Crippen LogP contribution in [0.5, 0.6) is 0 Å². The highest BCUT2D eigenvalue weighted by molar-refractivity contribution is 9.10. The maximum atomic E-state index is 10.9. The van der Waals surface area contributed by atoms with Gasteiger partial charge in [0, 0.05) is 10.0 Å². The Balaban J connectivity index is 2.88. The zero-order valence-corrected chi connectivity index (χ0v) is 9.61. The molecule has 0 fully saturated rings. The summed E-state index contributed by atoms with van der Waals surface area (Å²) >= 11 is 3.34. The number of nitrogens with zero attached hydrogens (tertiary/aromatic N) is 1. The predicted molar refractivity (Wildman–Crippen MR) is 63.0 cm³/mol. The smallest absolute Gasteiger partial charge is 0.258 e. The molecule has 0 spiro atoms. The highest BCUT2D eigenvalue weighted by Gasteiger charge is 2.14. The number of halogens is 1. The number of rotatable bonds is 1. The first-order valence-electron chi connectivity index (χ1n) is 4.43. The zero-order valence-electron chi connectivity index (χ0n) is 8.03. The van der Waals surface area contributed by atoms with Crippen LogP contribution in [-0.4, -0.2) is 4.92 Å². The molecule has 0 aromatic heterocycles. The lowest BCUT2D eigenvalue weighted by molar-refractivity contribution is -0.383. The molecule has 4 heteroatoms. The zero-order chi connectivity index (χ0) is 11.0. The van der Waals surface area contributed by atoms with E-state index in [1.54, 1.807) is 19.1 Å². The van der Waals surface area contributed by atoms with E-state index in [1.807, 2.05) is 18.2 Å². The van der Waals surface area contributed by atoms with Crippen LogP contribution in [0.3, 0.4) is 0 Å². The molecule has 0 saturated heterocycles. The average molecular weight is 266 g/mol. The highest BCUT2D eigenvalue weighted by atomic mass is 79.9. The van der Waals surface area contributed by atoms with Crippen LogP contribution in [0.4, 0.5) is 5.69 Å². The standard InChI is InChI=1S/C11H8BrNO2/c1-7-2-3-8-6-9(12)4-5-10(8)11(7)13(14)15/h2-6H,1H3. The molecule has 0 aliphatic carbocycles. The van der Waals surface area contributed by atoms with Gasteiger partial charge in [-0.3, -0.25) is 10.1 Å². The van der Waals surface area contributed by atoms with E-state index in [2.05, 4.69) is 15.9 Å². The third kappa shape index (κ3) is 1.72. The summed E-state index contributed by atoms with van der Waals surface area (Å²) in [5.41, 5.74) is 0.884. The third-order valence-corrected chi connectivity index (χ3v) is 2.83. The van der Waals surface area contributed by atoms with Gasteiger partial charge in [0.2, 0.25) is 0 Å². The van der Waals surface area contributed by atoms with Crippen LogP contribution in [-0.2, 0) is 0 Å². The monoisotopic (exact) mass is 265 g/mol. The molecule has 0 radical (unpaired) electrons. The van der Waals surface area contributed by atoms with E-state index in [0.29, 0.717) is 10.9 Å².